The summed E-state index contributed by atoms with van der Waals surface area (Å²) in [5.74, 6) is 1.69. The van der Waals surface area contributed by atoms with Gasteiger partial charge in [0.15, 0.2) is 11.5 Å². The molecule has 3 aromatic rings. The zero-order valence-corrected chi connectivity index (χ0v) is 16.5. The van der Waals surface area contributed by atoms with Crippen LogP contribution in [-0.2, 0) is 4.79 Å². The van der Waals surface area contributed by atoms with Crippen molar-refractivity contribution >= 4 is 22.7 Å². The molecule has 2 heterocycles. The van der Waals surface area contributed by atoms with Crippen LogP contribution in [0.25, 0.3) is 11.1 Å². The zero-order chi connectivity index (χ0) is 19.5. The van der Waals surface area contributed by atoms with Crippen LogP contribution in [0.5, 0.6) is 0 Å². The Balaban J connectivity index is 1.28. The minimum atomic E-state index is 0.0395. The SMILES string of the molecule is CC(C)c1ccc(NC(=O)CN2CCC(c3nc4ccccc4o3)CC2)cc1. The standard InChI is InChI=1S/C23H27N3O2/c1-16(2)17-7-9-19(10-8-17)24-22(27)15-26-13-11-18(12-14-26)23-25-20-5-3-4-6-21(20)28-23/h3-10,16,18H,11-15H2,1-2H3,(H,24,27). The summed E-state index contributed by atoms with van der Waals surface area (Å²) in [6.07, 6.45) is 1.92. The van der Waals surface area contributed by atoms with Crippen LogP contribution >= 0.6 is 0 Å². The van der Waals surface area contributed by atoms with Gasteiger partial charge in [-0.2, -0.15) is 0 Å². The molecular formula is C23H27N3O2. The van der Waals surface area contributed by atoms with Crippen molar-refractivity contribution < 1.29 is 9.21 Å². The van der Waals surface area contributed by atoms with E-state index >= 15 is 0 Å². The maximum atomic E-state index is 12.4. The summed E-state index contributed by atoms with van der Waals surface area (Å²) in [7, 11) is 0. The molecule has 28 heavy (non-hydrogen) atoms. The summed E-state index contributed by atoms with van der Waals surface area (Å²) < 4.78 is 5.92. The number of nitrogens with one attached hydrogen (secondary N) is 1. The number of carbonyl (C=O) groups is 1. The normalized spacial score (nSPS) is 16.0. The number of para-hydroxylation sites is 2. The lowest BCUT2D eigenvalue weighted by Crippen LogP contribution is -2.38. The lowest BCUT2D eigenvalue weighted by atomic mass is 9.97. The molecule has 146 valence electrons. The lowest BCUT2D eigenvalue weighted by Gasteiger charge is -2.29. The topological polar surface area (TPSA) is 58.4 Å². The fraction of sp³-hybridized carbons (Fsp3) is 0.391. The fourth-order valence-corrected chi connectivity index (χ4v) is 3.76. The third kappa shape index (κ3) is 4.25. The van der Waals surface area contributed by atoms with Crippen LogP contribution in [0.15, 0.2) is 52.9 Å². The molecular weight excluding hydrogens is 350 g/mol. The second kappa shape index (κ2) is 8.15. The number of hydrogen-bond acceptors (Lipinski definition) is 4. The van der Waals surface area contributed by atoms with Gasteiger partial charge in [0.05, 0.1) is 6.54 Å². The Morgan fingerprint density at radius 3 is 2.54 bits per heavy atom. The van der Waals surface area contributed by atoms with E-state index in [1.54, 1.807) is 0 Å². The van der Waals surface area contributed by atoms with Gasteiger partial charge in [0.25, 0.3) is 0 Å². The number of carbonyl (C=O) groups excluding carboxylic acids is 1. The van der Waals surface area contributed by atoms with Crippen LogP contribution in [0.2, 0.25) is 0 Å². The van der Waals surface area contributed by atoms with E-state index < -0.39 is 0 Å². The third-order valence-electron chi connectivity index (χ3n) is 5.48. The number of likely N-dealkylation sites (tertiary alicyclic amines) is 1. The first-order valence-corrected chi connectivity index (χ1v) is 10.1. The van der Waals surface area contributed by atoms with E-state index in [1.807, 2.05) is 36.4 Å². The molecule has 0 bridgehead atoms. The first-order chi connectivity index (χ1) is 13.6. The van der Waals surface area contributed by atoms with Gasteiger partial charge in [-0.3, -0.25) is 9.69 Å². The summed E-state index contributed by atoms with van der Waals surface area (Å²) in [4.78, 5) is 19.2. The quantitative estimate of drug-likeness (QED) is 0.696. The van der Waals surface area contributed by atoms with E-state index in [4.69, 9.17) is 4.42 Å². The highest BCUT2D eigenvalue weighted by atomic mass is 16.3. The molecule has 4 rings (SSSR count). The predicted molar refractivity (Wildman–Crippen MR) is 112 cm³/mol. The predicted octanol–water partition coefficient (Wildman–Crippen LogP) is 4.77. The molecule has 1 fully saturated rings. The molecule has 0 unspecified atom stereocenters. The first kappa shape index (κ1) is 18.7. The number of hydrogen-bond donors (Lipinski definition) is 1. The molecule has 1 amide bonds. The van der Waals surface area contributed by atoms with Crippen molar-refractivity contribution in [2.24, 2.45) is 0 Å². The van der Waals surface area contributed by atoms with E-state index in [9.17, 15) is 4.79 Å². The molecule has 5 heteroatoms. The van der Waals surface area contributed by atoms with Crippen molar-refractivity contribution in [1.29, 1.82) is 0 Å². The smallest absolute Gasteiger partial charge is 0.238 e. The number of oxazole rings is 1. The second-order valence-corrected chi connectivity index (χ2v) is 7.90. The number of amides is 1. The van der Waals surface area contributed by atoms with Crippen molar-refractivity contribution in [3.05, 3.63) is 60.0 Å². The van der Waals surface area contributed by atoms with Crippen molar-refractivity contribution in [2.45, 2.75) is 38.5 Å². The Bertz CT molecular complexity index is 905. The summed E-state index contributed by atoms with van der Waals surface area (Å²) in [6.45, 7) is 6.51. The van der Waals surface area contributed by atoms with Crippen LogP contribution in [0.1, 0.15) is 50.0 Å². The number of rotatable bonds is 5. The fourth-order valence-electron chi connectivity index (χ4n) is 3.76. The minimum Gasteiger partial charge on any atom is -0.440 e. The first-order valence-electron chi connectivity index (χ1n) is 10.1. The number of nitrogens with zero attached hydrogens (tertiary/aromatic N) is 2. The van der Waals surface area contributed by atoms with E-state index in [1.165, 1.54) is 5.56 Å². The largest absolute Gasteiger partial charge is 0.440 e. The maximum absolute atomic E-state index is 12.4. The molecule has 0 spiro atoms. The number of fused-ring (bicyclic) bond motifs is 1. The summed E-state index contributed by atoms with van der Waals surface area (Å²) in [5, 5.41) is 3.00. The van der Waals surface area contributed by atoms with Crippen LogP contribution in [-0.4, -0.2) is 35.4 Å². The van der Waals surface area contributed by atoms with Crippen LogP contribution in [0, 0.1) is 0 Å². The van der Waals surface area contributed by atoms with Crippen molar-refractivity contribution in [1.82, 2.24) is 9.88 Å². The van der Waals surface area contributed by atoms with Gasteiger partial charge < -0.3 is 9.73 Å². The Morgan fingerprint density at radius 2 is 1.86 bits per heavy atom. The Morgan fingerprint density at radius 1 is 1.14 bits per heavy atom. The summed E-state index contributed by atoms with van der Waals surface area (Å²) >= 11 is 0. The average molecular weight is 377 g/mol. The molecule has 5 nitrogen and oxygen atoms in total. The Hall–Kier alpha value is -2.66. The van der Waals surface area contributed by atoms with Crippen LogP contribution in [0.4, 0.5) is 5.69 Å². The highest BCUT2D eigenvalue weighted by molar-refractivity contribution is 5.92. The molecule has 1 aliphatic heterocycles. The molecule has 1 aliphatic rings. The van der Waals surface area contributed by atoms with Gasteiger partial charge in [0, 0.05) is 11.6 Å². The maximum Gasteiger partial charge on any atom is 0.238 e. The number of piperidine rings is 1. The zero-order valence-electron chi connectivity index (χ0n) is 16.5. The number of aromatic nitrogens is 1. The highest BCUT2D eigenvalue weighted by Gasteiger charge is 2.25. The summed E-state index contributed by atoms with van der Waals surface area (Å²) in [5.41, 5.74) is 3.90. The monoisotopic (exact) mass is 377 g/mol. The van der Waals surface area contributed by atoms with E-state index in [0.717, 1.165) is 48.6 Å². The van der Waals surface area contributed by atoms with Crippen LogP contribution < -0.4 is 5.32 Å². The van der Waals surface area contributed by atoms with E-state index in [0.29, 0.717) is 18.4 Å². The molecule has 0 atom stereocenters. The van der Waals surface area contributed by atoms with Gasteiger partial charge in [-0.05, 0) is 61.7 Å². The van der Waals surface area contributed by atoms with E-state index in [2.05, 4.69) is 41.2 Å². The van der Waals surface area contributed by atoms with Crippen molar-refractivity contribution in [2.75, 3.05) is 25.0 Å². The molecule has 1 N–H and O–H groups in total. The molecule has 0 radical (unpaired) electrons. The highest BCUT2D eigenvalue weighted by Crippen LogP contribution is 2.29. The second-order valence-electron chi connectivity index (χ2n) is 7.90. The van der Waals surface area contributed by atoms with Gasteiger partial charge >= 0.3 is 0 Å². The van der Waals surface area contributed by atoms with Gasteiger partial charge in [-0.1, -0.05) is 38.1 Å². The van der Waals surface area contributed by atoms with Crippen molar-refractivity contribution in [3.63, 3.8) is 0 Å². The Kier molecular flexibility index (Phi) is 5.44. The molecule has 2 aromatic carbocycles. The van der Waals surface area contributed by atoms with Crippen LogP contribution in [0.3, 0.4) is 0 Å². The lowest BCUT2D eigenvalue weighted by molar-refractivity contribution is -0.117. The van der Waals surface area contributed by atoms with Gasteiger partial charge in [0.2, 0.25) is 5.91 Å². The number of anilines is 1. The van der Waals surface area contributed by atoms with E-state index in [-0.39, 0.29) is 5.91 Å². The molecule has 0 saturated carbocycles. The van der Waals surface area contributed by atoms with Gasteiger partial charge in [0.1, 0.15) is 5.52 Å². The molecule has 1 aromatic heterocycles. The molecule has 0 aliphatic carbocycles. The van der Waals surface area contributed by atoms with Gasteiger partial charge in [-0.25, -0.2) is 4.98 Å². The van der Waals surface area contributed by atoms with Gasteiger partial charge in [-0.15, -0.1) is 0 Å². The average Bonchev–Trinajstić information content (AvgIpc) is 3.13. The Labute approximate surface area is 165 Å². The summed E-state index contributed by atoms with van der Waals surface area (Å²) in [6, 6.07) is 16.0. The molecule has 1 saturated heterocycles. The third-order valence-corrected chi connectivity index (χ3v) is 5.48. The number of benzene rings is 2. The minimum absolute atomic E-state index is 0.0395. The van der Waals surface area contributed by atoms with Crippen molar-refractivity contribution in [3.8, 4) is 0 Å².